The summed E-state index contributed by atoms with van der Waals surface area (Å²) in [4.78, 5) is 143. The number of ketones is 6. The number of carbonyl (C=O) groups is 6. The van der Waals surface area contributed by atoms with Gasteiger partial charge in [-0.2, -0.15) is 0 Å². The van der Waals surface area contributed by atoms with Gasteiger partial charge in [-0.25, -0.2) is 59.8 Å². The highest BCUT2D eigenvalue weighted by Crippen LogP contribution is 2.36. The van der Waals surface area contributed by atoms with Gasteiger partial charge >= 0.3 is 0 Å². The molecule has 13 aromatic heterocycles. The number of carbonyl (C=O) groups excluding carboxylic acids is 6. The second-order valence-electron chi connectivity index (χ2n) is 38.1. The van der Waals surface area contributed by atoms with Crippen LogP contribution in [0.3, 0.4) is 0 Å². The first-order valence-corrected chi connectivity index (χ1v) is 52.6. The number of halogens is 2. The Balaban J connectivity index is 0.000000134. The number of hydrogen-bond donors (Lipinski definition) is 6. The van der Waals surface area contributed by atoms with Gasteiger partial charge in [0.15, 0.2) is 0 Å². The number of nitrogen functional groups attached to an aromatic ring is 6. The van der Waals surface area contributed by atoms with Gasteiger partial charge in [-0.05, 0) is 235 Å². The van der Waals surface area contributed by atoms with E-state index in [-0.39, 0.29) is 75.2 Å². The van der Waals surface area contributed by atoms with Crippen LogP contribution in [0.1, 0.15) is 274 Å². The standard InChI is InChI=1S/C26H27N5O.C19H24N4O.2C18H22N4O.2C17H19ClN4O/c1-30-17-21(19-9-4-5-11-23(19)30)18-15-20(26(27)28-16-18)25(32)22-10-8-12-24(29-22)31-13-6-2-3-7-14-31;1-2-14-12-15(19(20)21-13-14)18(24)16-8-7-9-17(22-16)23-10-5-3-4-6-11-23;1-13-8-9-15(16(23)14-7-6-10-20-17(14)19)21-18(13)22-11-4-2-3-5-12-22;1-13-8-9-15(22-11-4-2-3-5-12-22)21-16(13)17(23)14-7-6-10-20-18(14)19;18-13-7-8-14(15(23)12-6-5-9-20-16(12)19)21-17(13)22-10-3-1-2-4-11-22;18-12-10-13(17(19)20-11-12)16(23)14-6-5-7-15(21-14)22-8-3-1-2-4-9-22/h4-5,8-12,15-17H,2-3,6-7,13-14H2,1H3,(H2,27,28);7-9,12-13H,2-6,10-11H2,1H3,(H2,20,21);2*6-10H,2-5,11-12H2,1H3,(H2,19,20);5-9H,1-4,10-11H2,(H2,19,20);5-7,10-11H,1-4,8-9H2,(H2,19,20). The van der Waals surface area contributed by atoms with Gasteiger partial charge in [-0.15, -0.1) is 0 Å². The second-order valence-corrected chi connectivity index (χ2v) is 38.9. The fourth-order valence-electron chi connectivity index (χ4n) is 19.2. The van der Waals surface area contributed by atoms with Gasteiger partial charge in [0.05, 0.1) is 43.4 Å². The summed E-state index contributed by atoms with van der Waals surface area (Å²) in [6.07, 6.45) is 41.4. The Morgan fingerprint density at radius 3 is 1.08 bits per heavy atom. The number of nitrogens with zero attached hydrogens (tertiary/aromatic N) is 19. The third kappa shape index (κ3) is 27.9. The van der Waals surface area contributed by atoms with E-state index in [0.29, 0.717) is 77.8 Å². The molecule has 0 spiro atoms. The van der Waals surface area contributed by atoms with E-state index < -0.39 is 0 Å². The lowest BCUT2D eigenvalue weighted by Crippen LogP contribution is -2.26. The molecule has 0 aliphatic carbocycles. The molecule has 33 heteroatoms. The van der Waals surface area contributed by atoms with E-state index in [1.54, 1.807) is 104 Å². The maximum atomic E-state index is 13.4. The number of para-hydroxylation sites is 1. The van der Waals surface area contributed by atoms with Gasteiger partial charge < -0.3 is 68.4 Å². The van der Waals surface area contributed by atoms with E-state index in [4.69, 9.17) is 62.6 Å². The van der Waals surface area contributed by atoms with Crippen LogP contribution in [-0.2, 0) is 13.5 Å². The summed E-state index contributed by atoms with van der Waals surface area (Å²) in [5.74, 6) is 5.23. The van der Waals surface area contributed by atoms with Crippen molar-refractivity contribution in [3.8, 4) is 11.1 Å². The summed E-state index contributed by atoms with van der Waals surface area (Å²) in [6, 6.07) is 51.4. The van der Waals surface area contributed by atoms with Crippen molar-refractivity contribution >= 4 is 139 Å². The molecule has 0 unspecified atom stereocenters. The van der Waals surface area contributed by atoms with E-state index in [9.17, 15) is 28.8 Å². The predicted molar refractivity (Wildman–Crippen MR) is 593 cm³/mol. The highest BCUT2D eigenvalue weighted by Gasteiger charge is 2.29. The maximum absolute atomic E-state index is 13.4. The van der Waals surface area contributed by atoms with E-state index in [1.165, 1.54) is 128 Å². The molecule has 148 heavy (non-hydrogen) atoms. The molecule has 0 amide bonds. The summed E-state index contributed by atoms with van der Waals surface area (Å²) in [5.41, 5.74) is 46.0. The van der Waals surface area contributed by atoms with E-state index in [0.717, 1.165) is 191 Å². The zero-order valence-corrected chi connectivity index (χ0v) is 86.5. The highest BCUT2D eigenvalue weighted by molar-refractivity contribution is 6.33. The zero-order valence-electron chi connectivity index (χ0n) is 85.0. The maximum Gasteiger partial charge on any atom is 0.215 e. The molecule has 19 heterocycles. The molecular formula is C115H133Cl2N25O6. The Labute approximate surface area is 875 Å². The first-order chi connectivity index (χ1) is 71.9. The van der Waals surface area contributed by atoms with E-state index >= 15 is 0 Å². The number of fused-ring (bicyclic) bond motifs is 1. The van der Waals surface area contributed by atoms with Crippen LogP contribution >= 0.6 is 23.2 Å². The van der Waals surface area contributed by atoms with Gasteiger partial charge in [0.25, 0.3) is 0 Å². The van der Waals surface area contributed by atoms with Crippen molar-refractivity contribution in [2.45, 2.75) is 181 Å². The topological polar surface area (TPSA) is 438 Å². The molecule has 6 aliphatic heterocycles. The monoisotopic (exact) mass is 2030 g/mol. The second kappa shape index (κ2) is 52.7. The summed E-state index contributed by atoms with van der Waals surface area (Å²) < 4.78 is 2.08. The van der Waals surface area contributed by atoms with Crippen molar-refractivity contribution in [1.29, 1.82) is 0 Å². The van der Waals surface area contributed by atoms with Crippen LogP contribution in [0.25, 0.3) is 22.0 Å². The van der Waals surface area contributed by atoms with Crippen molar-refractivity contribution < 1.29 is 28.8 Å². The molecule has 6 aliphatic rings. The van der Waals surface area contributed by atoms with Crippen molar-refractivity contribution in [2.75, 3.05) is 142 Å². The number of pyridine rings is 12. The molecule has 20 rings (SSSR count). The molecule has 12 N–H and O–H groups in total. The quantitative estimate of drug-likeness (QED) is 0.0386. The molecule has 31 nitrogen and oxygen atoms in total. The first kappa shape index (κ1) is 107. The van der Waals surface area contributed by atoms with Gasteiger partial charge in [0, 0.05) is 151 Å². The van der Waals surface area contributed by atoms with Crippen LogP contribution in [0.15, 0.2) is 213 Å². The number of benzene rings is 1. The number of nitrogens with two attached hydrogens (primary N) is 6. The molecule has 0 bridgehead atoms. The molecule has 0 radical (unpaired) electrons. The summed E-state index contributed by atoms with van der Waals surface area (Å²) in [5, 5.41) is 2.06. The van der Waals surface area contributed by atoms with Crippen LogP contribution in [0.5, 0.6) is 0 Å². The van der Waals surface area contributed by atoms with E-state index in [2.05, 4.69) is 107 Å². The summed E-state index contributed by atoms with van der Waals surface area (Å²) in [6.45, 7) is 17.7. The number of aryl methyl sites for hydroxylation is 4. The van der Waals surface area contributed by atoms with Crippen LogP contribution in [0, 0.1) is 13.8 Å². The molecule has 0 saturated carbocycles. The lowest BCUT2D eigenvalue weighted by atomic mass is 10.0. The van der Waals surface area contributed by atoms with Crippen LogP contribution < -0.4 is 63.8 Å². The first-order valence-electron chi connectivity index (χ1n) is 51.8. The minimum absolute atomic E-state index is 0.160. The lowest BCUT2D eigenvalue weighted by molar-refractivity contribution is 0.102. The summed E-state index contributed by atoms with van der Waals surface area (Å²) >= 11 is 12.2. The third-order valence-corrected chi connectivity index (χ3v) is 28.0. The Hall–Kier alpha value is -15.2. The predicted octanol–water partition coefficient (Wildman–Crippen LogP) is 20.7. The van der Waals surface area contributed by atoms with Crippen LogP contribution in [0.2, 0.25) is 10.0 Å². The number of hydrogen-bond acceptors (Lipinski definition) is 30. The minimum atomic E-state index is -0.255. The Morgan fingerprint density at radius 2 is 0.649 bits per heavy atom. The van der Waals surface area contributed by atoms with Gasteiger partial charge in [-0.3, -0.25) is 28.8 Å². The Kier molecular flexibility index (Phi) is 38.1. The zero-order chi connectivity index (χ0) is 104. The molecular weight excluding hydrogens is 1900 g/mol. The SMILES string of the molecule is CCc1cnc(N)c(C(=O)c2cccc(N3CCCCCC3)n2)c1.Cc1ccc(C(=O)c2cccnc2N)nc1N1CCCCCC1.Cc1ccc(N2CCCCCC2)nc1C(=O)c1cccnc1N.Cn1cc(-c2cnc(N)c(C(=O)c3cccc(N4CCCCCC4)n3)c2)c2ccccc21.Nc1ncc(Cl)cc1C(=O)c1cccc(N2CCCCCC2)n1.Nc1ncccc1C(=O)c1ccc(Cl)c(N2CCCCCC2)n1. The average molecular weight is 2030 g/mol. The van der Waals surface area contributed by atoms with Crippen molar-refractivity contribution in [3.63, 3.8) is 0 Å². The number of aromatic nitrogens is 13. The van der Waals surface area contributed by atoms with Gasteiger partial charge in [-0.1, -0.05) is 156 Å². The summed E-state index contributed by atoms with van der Waals surface area (Å²) in [7, 11) is 2.01. The van der Waals surface area contributed by atoms with Crippen molar-refractivity contribution in [2.24, 2.45) is 7.05 Å². The largest absolute Gasteiger partial charge is 0.383 e. The Morgan fingerprint density at radius 1 is 0.304 bits per heavy atom. The molecule has 1 aromatic carbocycles. The third-order valence-electron chi connectivity index (χ3n) is 27.5. The van der Waals surface area contributed by atoms with Crippen molar-refractivity contribution in [3.05, 3.63) is 308 Å². The van der Waals surface area contributed by atoms with Crippen molar-refractivity contribution in [1.82, 2.24) is 64.4 Å². The molecule has 768 valence electrons. The number of rotatable bonds is 20. The average Bonchev–Trinajstić information content (AvgIpc) is 1.62. The number of anilines is 12. The van der Waals surface area contributed by atoms with Gasteiger partial charge in [0.1, 0.15) is 104 Å². The lowest BCUT2D eigenvalue weighted by Gasteiger charge is -2.23. The Bertz CT molecular complexity index is 6810. The minimum Gasteiger partial charge on any atom is -0.383 e. The van der Waals surface area contributed by atoms with Crippen LogP contribution in [-0.4, -0.2) is 178 Å². The molecule has 6 saturated heterocycles. The fraction of sp³-hybridized carbons (Fsp3) is 0.357. The fourth-order valence-corrected chi connectivity index (χ4v) is 19.5. The van der Waals surface area contributed by atoms with Gasteiger partial charge in [0.2, 0.25) is 34.7 Å². The normalized spacial score (nSPS) is 15.1. The smallest absolute Gasteiger partial charge is 0.215 e. The highest BCUT2D eigenvalue weighted by atomic mass is 35.5. The van der Waals surface area contributed by atoms with E-state index in [1.807, 2.05) is 107 Å². The molecule has 0 atom stereocenters. The van der Waals surface area contributed by atoms with Crippen LogP contribution in [0.4, 0.5) is 69.8 Å². The molecule has 6 fully saturated rings. The molecule has 14 aromatic rings.